The lowest BCUT2D eigenvalue weighted by Gasteiger charge is -2.23. The van der Waals surface area contributed by atoms with Crippen molar-refractivity contribution in [3.8, 4) is 0 Å². The van der Waals surface area contributed by atoms with E-state index in [1.165, 1.54) is 12.1 Å². The Morgan fingerprint density at radius 3 is 1.78 bits per heavy atom. The molecule has 2 rings (SSSR count). The number of Topliss-reactive ketones (excluding diaryl/α,β-unsaturated/α-hetero) is 2. The van der Waals surface area contributed by atoms with Crippen LogP contribution in [0.3, 0.4) is 0 Å². The molecule has 0 aliphatic rings. The van der Waals surface area contributed by atoms with E-state index < -0.39 is 41.7 Å². The van der Waals surface area contributed by atoms with Gasteiger partial charge in [0.05, 0.1) is 11.9 Å². The van der Waals surface area contributed by atoms with Crippen molar-refractivity contribution >= 4 is 23.2 Å². The number of nitrogens with one attached hydrogen (secondary N) is 3. The first-order chi connectivity index (χ1) is 16.8. The van der Waals surface area contributed by atoms with Gasteiger partial charge < -0.3 is 15.6 Å². The van der Waals surface area contributed by atoms with Crippen molar-refractivity contribution in [2.75, 3.05) is 11.9 Å². The number of benzene rings is 1. The Hall–Kier alpha value is -3.59. The first-order valence-electron chi connectivity index (χ1n) is 10.3. The summed E-state index contributed by atoms with van der Waals surface area (Å²) in [6, 6.07) is 4.11. The Kier molecular flexibility index (Phi) is 10.7. The van der Waals surface area contributed by atoms with Crippen molar-refractivity contribution in [3.05, 3.63) is 48.0 Å². The van der Waals surface area contributed by atoms with Crippen molar-refractivity contribution in [2.45, 2.75) is 44.8 Å². The molecule has 206 valence electrons. The van der Waals surface area contributed by atoms with Gasteiger partial charge in [0.15, 0.2) is 0 Å². The standard InChI is InChI=1S/C17H21F3N4O.C4F6O2/c1-11(2)15(16(25)22-8-7-14-9-21-10-23-14)24-13-5-3-12(4-6-13)17(18,19)20;5-3(6,7)1(11)2(12)4(8,9)10/h3-6,9-11,15,24H,7-8H2,1-2H3,(H,21,23)(H,22,25);/t15-;/m1./s1. The summed E-state index contributed by atoms with van der Waals surface area (Å²) >= 11 is 0. The minimum absolute atomic E-state index is 0.0329. The quantitative estimate of drug-likeness (QED) is 0.334. The molecule has 1 heterocycles. The summed E-state index contributed by atoms with van der Waals surface area (Å²) in [7, 11) is 0. The SMILES string of the molecule is CC(C)[C@@H](Nc1ccc(C(F)(F)F)cc1)C(=O)NCCc1cnc[nH]1.O=C(C(=O)C(F)(F)F)C(F)(F)F. The van der Waals surface area contributed by atoms with Gasteiger partial charge in [-0.1, -0.05) is 13.8 Å². The molecule has 2 aromatic rings. The molecular weight excluding hydrogens is 527 g/mol. The second kappa shape index (κ2) is 12.6. The average Bonchev–Trinajstić information content (AvgIpc) is 3.28. The average molecular weight is 548 g/mol. The number of hydrogen-bond donors (Lipinski definition) is 3. The van der Waals surface area contributed by atoms with Crippen LogP contribution >= 0.6 is 0 Å². The molecule has 0 bridgehead atoms. The van der Waals surface area contributed by atoms with Gasteiger partial charge in [0.1, 0.15) is 6.04 Å². The van der Waals surface area contributed by atoms with Crippen LogP contribution in [0.15, 0.2) is 36.8 Å². The van der Waals surface area contributed by atoms with Gasteiger partial charge in [-0.15, -0.1) is 0 Å². The number of ketones is 2. The van der Waals surface area contributed by atoms with E-state index in [1.807, 2.05) is 13.8 Å². The Balaban J connectivity index is 0.000000482. The van der Waals surface area contributed by atoms with Crippen LogP contribution in [-0.2, 0) is 27.0 Å². The molecule has 7 nitrogen and oxygen atoms in total. The van der Waals surface area contributed by atoms with E-state index in [0.717, 1.165) is 17.8 Å². The van der Waals surface area contributed by atoms with Crippen molar-refractivity contribution in [1.82, 2.24) is 15.3 Å². The normalized spacial score (nSPS) is 12.9. The van der Waals surface area contributed by atoms with Crippen molar-refractivity contribution < 1.29 is 53.9 Å². The minimum atomic E-state index is -5.77. The molecule has 0 spiro atoms. The molecule has 16 heteroatoms. The van der Waals surface area contributed by atoms with E-state index in [-0.39, 0.29) is 11.8 Å². The van der Waals surface area contributed by atoms with Gasteiger partial charge in [-0.3, -0.25) is 14.4 Å². The second-order valence-corrected chi connectivity index (χ2v) is 7.71. The van der Waals surface area contributed by atoms with Crippen LogP contribution < -0.4 is 10.6 Å². The van der Waals surface area contributed by atoms with Gasteiger partial charge in [0, 0.05) is 30.5 Å². The number of alkyl halides is 9. The number of rotatable bonds is 8. The van der Waals surface area contributed by atoms with Gasteiger partial charge >= 0.3 is 30.1 Å². The molecule has 0 saturated carbocycles. The summed E-state index contributed by atoms with van der Waals surface area (Å²) in [5, 5.41) is 5.83. The van der Waals surface area contributed by atoms with Crippen LogP contribution in [0.5, 0.6) is 0 Å². The third-order valence-corrected chi connectivity index (χ3v) is 4.45. The lowest BCUT2D eigenvalue weighted by molar-refractivity contribution is -0.193. The van der Waals surface area contributed by atoms with E-state index in [4.69, 9.17) is 0 Å². The molecule has 0 unspecified atom stereocenters. The molecule has 0 fully saturated rings. The first-order valence-corrected chi connectivity index (χ1v) is 10.3. The highest BCUT2D eigenvalue weighted by Crippen LogP contribution is 2.30. The van der Waals surface area contributed by atoms with E-state index in [0.29, 0.717) is 18.7 Å². The second-order valence-electron chi connectivity index (χ2n) is 7.71. The molecule has 3 N–H and O–H groups in total. The number of hydrogen-bond acceptors (Lipinski definition) is 5. The van der Waals surface area contributed by atoms with Crippen LogP contribution in [0.1, 0.15) is 25.1 Å². The number of nitrogens with zero attached hydrogens (tertiary/aromatic N) is 1. The molecule has 0 saturated heterocycles. The van der Waals surface area contributed by atoms with Gasteiger partial charge in [-0.25, -0.2) is 4.98 Å². The fourth-order valence-electron chi connectivity index (χ4n) is 2.58. The molecule has 1 atom stereocenters. The smallest absolute Gasteiger partial charge is 0.373 e. The summed E-state index contributed by atoms with van der Waals surface area (Å²) in [5.74, 6) is -7.05. The van der Waals surface area contributed by atoms with E-state index in [1.54, 1.807) is 12.5 Å². The number of imidazole rings is 1. The summed E-state index contributed by atoms with van der Waals surface area (Å²) in [5.41, 5.74) is 0.663. The number of carbonyl (C=O) groups is 3. The zero-order valence-corrected chi connectivity index (χ0v) is 19.1. The molecule has 1 aromatic carbocycles. The number of H-pyrrole nitrogens is 1. The van der Waals surface area contributed by atoms with Crippen molar-refractivity contribution in [1.29, 1.82) is 0 Å². The molecule has 1 amide bonds. The number of amides is 1. The van der Waals surface area contributed by atoms with Crippen molar-refractivity contribution in [3.63, 3.8) is 0 Å². The van der Waals surface area contributed by atoms with Crippen LogP contribution in [0, 0.1) is 5.92 Å². The molecular formula is C21H21F9N4O3. The third-order valence-electron chi connectivity index (χ3n) is 4.45. The Bertz CT molecular complexity index is 1010. The number of carbonyl (C=O) groups excluding carboxylic acids is 3. The maximum absolute atomic E-state index is 12.6. The van der Waals surface area contributed by atoms with E-state index in [2.05, 4.69) is 20.6 Å². The Morgan fingerprint density at radius 1 is 0.892 bits per heavy atom. The molecule has 0 aliphatic carbocycles. The number of aromatic nitrogens is 2. The van der Waals surface area contributed by atoms with Crippen LogP contribution in [0.2, 0.25) is 0 Å². The zero-order valence-electron chi connectivity index (χ0n) is 19.1. The minimum Gasteiger partial charge on any atom is -0.373 e. The topological polar surface area (TPSA) is 104 Å². The maximum Gasteiger partial charge on any atom is 0.458 e. The summed E-state index contributed by atoms with van der Waals surface area (Å²) in [6.07, 6.45) is -12.0. The van der Waals surface area contributed by atoms with Gasteiger partial charge in [-0.05, 0) is 30.2 Å². The van der Waals surface area contributed by atoms with E-state index >= 15 is 0 Å². The molecule has 0 aliphatic heterocycles. The van der Waals surface area contributed by atoms with Crippen molar-refractivity contribution in [2.24, 2.45) is 5.92 Å². The predicted molar refractivity (Wildman–Crippen MR) is 111 cm³/mol. The zero-order chi connectivity index (χ0) is 28.6. The number of anilines is 1. The summed E-state index contributed by atoms with van der Waals surface area (Å²) in [4.78, 5) is 38.5. The first kappa shape index (κ1) is 31.4. The molecule has 0 radical (unpaired) electrons. The van der Waals surface area contributed by atoms with Gasteiger partial charge in [0.25, 0.3) is 0 Å². The fraction of sp³-hybridized carbons (Fsp3) is 0.429. The fourth-order valence-corrected chi connectivity index (χ4v) is 2.58. The number of halogens is 9. The highest BCUT2D eigenvalue weighted by Gasteiger charge is 2.54. The van der Waals surface area contributed by atoms with Crippen LogP contribution in [0.4, 0.5) is 45.2 Å². The monoisotopic (exact) mass is 548 g/mol. The maximum atomic E-state index is 12.6. The predicted octanol–water partition coefficient (Wildman–Crippen LogP) is 4.47. The van der Waals surface area contributed by atoms with E-state index in [9.17, 15) is 53.9 Å². The van der Waals surface area contributed by atoms with Crippen LogP contribution in [0.25, 0.3) is 0 Å². The lowest BCUT2D eigenvalue weighted by atomic mass is 10.0. The molecule has 37 heavy (non-hydrogen) atoms. The summed E-state index contributed by atoms with van der Waals surface area (Å²) in [6.45, 7) is 4.19. The highest BCUT2D eigenvalue weighted by molar-refractivity contribution is 6.41. The Morgan fingerprint density at radius 2 is 1.41 bits per heavy atom. The summed E-state index contributed by atoms with van der Waals surface area (Å²) < 4.78 is 105. The van der Waals surface area contributed by atoms with Crippen LogP contribution in [-0.4, -0.2) is 52.4 Å². The molecule has 1 aromatic heterocycles. The largest absolute Gasteiger partial charge is 0.458 e. The van der Waals surface area contributed by atoms with Gasteiger partial charge in [-0.2, -0.15) is 39.5 Å². The number of aromatic amines is 1. The lowest BCUT2D eigenvalue weighted by Crippen LogP contribution is -2.43. The highest BCUT2D eigenvalue weighted by atomic mass is 19.4. The third kappa shape index (κ3) is 10.5. The van der Waals surface area contributed by atoms with Gasteiger partial charge in [0.2, 0.25) is 5.91 Å². The Labute approximate surface area is 203 Å².